The van der Waals surface area contributed by atoms with Crippen LogP contribution in [0.25, 0.3) is 0 Å². The van der Waals surface area contributed by atoms with Crippen LogP contribution in [0.1, 0.15) is 39.5 Å². The molecule has 0 aromatic carbocycles. The van der Waals surface area contributed by atoms with E-state index in [9.17, 15) is 9.59 Å². The highest BCUT2D eigenvalue weighted by molar-refractivity contribution is 5.59. The zero-order valence-corrected chi connectivity index (χ0v) is 16.5. The lowest BCUT2D eigenvalue weighted by Crippen LogP contribution is -2.17. The van der Waals surface area contributed by atoms with Crippen LogP contribution in [-0.4, -0.2) is 76.9 Å². The van der Waals surface area contributed by atoms with Crippen molar-refractivity contribution in [1.29, 1.82) is 0 Å². The third-order valence-electron chi connectivity index (χ3n) is 3.62. The summed E-state index contributed by atoms with van der Waals surface area (Å²) in [7, 11) is 0. The zero-order chi connectivity index (χ0) is 20.2. The predicted octanol–water partition coefficient (Wildman–Crippen LogP) is 3.10. The Kier molecular flexibility index (Phi) is 18.1. The Labute approximate surface area is 161 Å². The molecule has 0 fully saturated rings. The maximum Gasteiger partial charge on any atom is 0.508 e. The average Bonchev–Trinajstić information content (AvgIpc) is 2.65. The summed E-state index contributed by atoms with van der Waals surface area (Å²) in [4.78, 5) is 21.6. The van der Waals surface area contributed by atoms with Crippen molar-refractivity contribution in [2.45, 2.75) is 39.5 Å². The van der Waals surface area contributed by atoms with Gasteiger partial charge in [-0.25, -0.2) is 9.59 Å². The second-order valence-corrected chi connectivity index (χ2v) is 5.78. The average molecular weight is 394 g/mol. The molecule has 9 nitrogen and oxygen atoms in total. The second-order valence-electron chi connectivity index (χ2n) is 5.78. The van der Waals surface area contributed by atoms with Crippen molar-refractivity contribution in [2.24, 2.45) is 5.92 Å². The van der Waals surface area contributed by atoms with Crippen LogP contribution in [0.4, 0.5) is 9.59 Å². The van der Waals surface area contributed by atoms with Gasteiger partial charge in [0, 0.05) is 0 Å². The maximum atomic E-state index is 11.5. The minimum atomic E-state index is -1.32. The number of carbonyl (C=O) groups excluding carboxylic acids is 1. The highest BCUT2D eigenvalue weighted by atomic mass is 16.7. The standard InChI is InChI=1S/C18H34O9/c1-3-5-6-16(4-2)15-27-18(21)26-14-12-24-10-8-22-7-9-23-11-13-25-17(19)20/h16H,3-15H2,1-2H3,(H,19,20). The molecule has 0 saturated carbocycles. The Hall–Kier alpha value is -1.58. The van der Waals surface area contributed by atoms with Crippen LogP contribution in [0, 0.1) is 5.92 Å². The molecule has 0 spiro atoms. The summed E-state index contributed by atoms with van der Waals surface area (Å²) in [5.74, 6) is 0.388. The molecule has 0 bridgehead atoms. The number of hydrogen-bond donors (Lipinski definition) is 1. The SMILES string of the molecule is CCCCC(CC)COC(=O)OCCOCCOCCOCCOC(=O)O. The summed E-state index contributed by atoms with van der Waals surface area (Å²) >= 11 is 0. The Morgan fingerprint density at radius 2 is 1.30 bits per heavy atom. The molecule has 0 rings (SSSR count). The summed E-state index contributed by atoms with van der Waals surface area (Å²) in [5, 5.41) is 8.24. The summed E-state index contributed by atoms with van der Waals surface area (Å²) in [6.07, 6.45) is 2.34. The molecule has 0 radical (unpaired) electrons. The highest BCUT2D eigenvalue weighted by Gasteiger charge is 2.10. The molecule has 0 amide bonds. The lowest BCUT2D eigenvalue weighted by atomic mass is 10.0. The van der Waals surface area contributed by atoms with Gasteiger partial charge in [0.25, 0.3) is 0 Å². The summed E-state index contributed by atoms with van der Waals surface area (Å²) < 4.78 is 30.0. The quantitative estimate of drug-likeness (QED) is 0.277. The molecule has 0 aromatic heterocycles. The van der Waals surface area contributed by atoms with Gasteiger partial charge in [-0.3, -0.25) is 0 Å². The molecule has 1 N–H and O–H groups in total. The summed E-state index contributed by atoms with van der Waals surface area (Å²) in [5.41, 5.74) is 0. The predicted molar refractivity (Wildman–Crippen MR) is 97.0 cm³/mol. The van der Waals surface area contributed by atoms with Crippen molar-refractivity contribution in [3.05, 3.63) is 0 Å². The number of ether oxygens (including phenoxy) is 6. The summed E-state index contributed by atoms with van der Waals surface area (Å²) in [6, 6.07) is 0. The third-order valence-corrected chi connectivity index (χ3v) is 3.62. The van der Waals surface area contributed by atoms with Crippen LogP contribution in [0.3, 0.4) is 0 Å². The van der Waals surface area contributed by atoms with Gasteiger partial charge in [-0.15, -0.1) is 0 Å². The number of unbranched alkanes of at least 4 members (excludes halogenated alkanes) is 1. The van der Waals surface area contributed by atoms with Gasteiger partial charge in [-0.05, 0) is 12.3 Å². The van der Waals surface area contributed by atoms with E-state index in [1.807, 2.05) is 0 Å². The Morgan fingerprint density at radius 3 is 1.78 bits per heavy atom. The van der Waals surface area contributed by atoms with Crippen molar-refractivity contribution in [3.8, 4) is 0 Å². The van der Waals surface area contributed by atoms with E-state index in [1.165, 1.54) is 0 Å². The van der Waals surface area contributed by atoms with E-state index in [2.05, 4.69) is 18.6 Å². The number of rotatable bonds is 18. The molecule has 1 atom stereocenters. The van der Waals surface area contributed by atoms with Crippen molar-refractivity contribution in [1.82, 2.24) is 0 Å². The first-order valence-electron chi connectivity index (χ1n) is 9.48. The van der Waals surface area contributed by atoms with Crippen LogP contribution >= 0.6 is 0 Å². The Bertz CT molecular complexity index is 363. The number of carbonyl (C=O) groups is 2. The molecule has 0 aliphatic heterocycles. The topological polar surface area (TPSA) is 110 Å². The lowest BCUT2D eigenvalue weighted by Gasteiger charge is -2.14. The first kappa shape index (κ1) is 25.4. The van der Waals surface area contributed by atoms with Crippen LogP contribution < -0.4 is 0 Å². The van der Waals surface area contributed by atoms with E-state index in [1.54, 1.807) is 0 Å². The summed E-state index contributed by atoms with van der Waals surface area (Å²) in [6.45, 7) is 6.69. The third kappa shape index (κ3) is 19.0. The van der Waals surface area contributed by atoms with Gasteiger partial charge in [0.1, 0.15) is 13.2 Å². The molecule has 27 heavy (non-hydrogen) atoms. The fraction of sp³-hybridized carbons (Fsp3) is 0.889. The van der Waals surface area contributed by atoms with Gasteiger partial charge in [0.2, 0.25) is 0 Å². The number of carboxylic acid groups (broad SMARTS) is 1. The zero-order valence-electron chi connectivity index (χ0n) is 16.5. The molecular formula is C18H34O9. The van der Waals surface area contributed by atoms with E-state index < -0.39 is 12.3 Å². The Balaban J connectivity index is 3.31. The van der Waals surface area contributed by atoms with Gasteiger partial charge in [-0.2, -0.15) is 0 Å². The normalized spacial score (nSPS) is 11.8. The molecule has 160 valence electrons. The van der Waals surface area contributed by atoms with Crippen LogP contribution in [-0.2, 0) is 28.4 Å². The largest absolute Gasteiger partial charge is 0.508 e. The second kappa shape index (κ2) is 19.2. The van der Waals surface area contributed by atoms with Crippen LogP contribution in [0.15, 0.2) is 0 Å². The van der Waals surface area contributed by atoms with Crippen molar-refractivity contribution < 1.29 is 43.1 Å². The van der Waals surface area contributed by atoms with Crippen molar-refractivity contribution in [2.75, 3.05) is 59.5 Å². The van der Waals surface area contributed by atoms with Gasteiger partial charge < -0.3 is 33.5 Å². The van der Waals surface area contributed by atoms with Crippen molar-refractivity contribution >= 4 is 12.3 Å². The Morgan fingerprint density at radius 1 is 0.778 bits per heavy atom. The molecule has 9 heteroatoms. The first-order chi connectivity index (χ1) is 13.1. The van der Waals surface area contributed by atoms with E-state index in [4.69, 9.17) is 28.8 Å². The molecule has 0 aromatic rings. The van der Waals surface area contributed by atoms with E-state index in [0.29, 0.717) is 39.0 Å². The van der Waals surface area contributed by atoms with Gasteiger partial charge in [0.15, 0.2) is 0 Å². The number of hydrogen-bond acceptors (Lipinski definition) is 8. The maximum absolute atomic E-state index is 11.5. The van der Waals surface area contributed by atoms with Crippen LogP contribution in [0.5, 0.6) is 0 Å². The molecular weight excluding hydrogens is 360 g/mol. The molecule has 0 saturated heterocycles. The monoisotopic (exact) mass is 394 g/mol. The smallest absolute Gasteiger partial charge is 0.450 e. The molecule has 0 aliphatic rings. The minimum Gasteiger partial charge on any atom is -0.450 e. The highest BCUT2D eigenvalue weighted by Crippen LogP contribution is 2.13. The van der Waals surface area contributed by atoms with Crippen molar-refractivity contribution in [3.63, 3.8) is 0 Å². The van der Waals surface area contributed by atoms with Gasteiger partial charge >= 0.3 is 12.3 Å². The lowest BCUT2D eigenvalue weighted by molar-refractivity contribution is -0.0105. The minimum absolute atomic E-state index is 0.00127. The van der Waals surface area contributed by atoms with E-state index in [-0.39, 0.29) is 26.4 Å². The van der Waals surface area contributed by atoms with Gasteiger partial charge in [0.05, 0.1) is 46.2 Å². The fourth-order valence-electron chi connectivity index (χ4n) is 2.04. The van der Waals surface area contributed by atoms with Gasteiger partial charge in [-0.1, -0.05) is 33.1 Å². The first-order valence-corrected chi connectivity index (χ1v) is 9.48. The fourth-order valence-corrected chi connectivity index (χ4v) is 2.04. The van der Waals surface area contributed by atoms with E-state index in [0.717, 1.165) is 25.7 Å². The molecule has 1 unspecified atom stereocenters. The molecule has 0 heterocycles. The van der Waals surface area contributed by atoms with Crippen LogP contribution in [0.2, 0.25) is 0 Å². The molecule has 0 aliphatic carbocycles. The van der Waals surface area contributed by atoms with E-state index >= 15 is 0 Å².